The van der Waals surface area contributed by atoms with Crippen LogP contribution in [0.2, 0.25) is 0 Å². The molecular weight excluding hydrogens is 246 g/mol. The molecule has 98 valence electrons. The molecule has 0 unspecified atom stereocenters. The van der Waals surface area contributed by atoms with Crippen LogP contribution in [0.5, 0.6) is 0 Å². The minimum atomic E-state index is -0.497. The number of nitrogens with one attached hydrogen (secondary N) is 1. The van der Waals surface area contributed by atoms with E-state index in [0.29, 0.717) is 17.7 Å². The molecule has 3 N–H and O–H groups in total. The van der Waals surface area contributed by atoms with Crippen molar-refractivity contribution < 1.29 is 4.79 Å². The molecule has 1 amide bonds. The molecule has 2 rings (SSSR count). The Labute approximate surface area is 108 Å². The summed E-state index contributed by atoms with van der Waals surface area (Å²) in [6, 6.07) is 6.63. The van der Waals surface area contributed by atoms with Crippen molar-refractivity contribution in [2.24, 2.45) is 5.73 Å². The Morgan fingerprint density at radius 2 is 1.89 bits per heavy atom. The van der Waals surface area contributed by atoms with E-state index in [-0.39, 0.29) is 5.56 Å². The van der Waals surface area contributed by atoms with E-state index >= 15 is 0 Å². The minimum absolute atomic E-state index is 0.315. The fourth-order valence-corrected chi connectivity index (χ4v) is 1.71. The van der Waals surface area contributed by atoms with Gasteiger partial charge in [0, 0.05) is 17.3 Å². The zero-order valence-corrected chi connectivity index (χ0v) is 10.3. The molecule has 0 bridgehead atoms. The van der Waals surface area contributed by atoms with E-state index in [1.807, 2.05) is 0 Å². The fourth-order valence-electron chi connectivity index (χ4n) is 1.71. The van der Waals surface area contributed by atoms with Crippen LogP contribution in [-0.2, 0) is 6.54 Å². The number of nitrogens with two attached hydrogens (primary N) is 1. The Kier molecular flexibility index (Phi) is 3.33. The average Bonchev–Trinajstić information content (AvgIpc) is 2.36. The number of rotatable bonds is 3. The van der Waals surface area contributed by atoms with Crippen LogP contribution in [0.4, 0.5) is 0 Å². The van der Waals surface area contributed by atoms with Gasteiger partial charge in [0.1, 0.15) is 0 Å². The molecule has 0 aliphatic carbocycles. The largest absolute Gasteiger partial charge is 0.366 e. The number of benzene rings is 1. The van der Waals surface area contributed by atoms with Crippen molar-refractivity contribution in [1.29, 1.82) is 0 Å². The summed E-state index contributed by atoms with van der Waals surface area (Å²) < 4.78 is 1.40. The molecule has 1 aromatic carbocycles. The lowest BCUT2D eigenvalue weighted by molar-refractivity contribution is 0.100. The monoisotopic (exact) mass is 259 g/mol. The summed E-state index contributed by atoms with van der Waals surface area (Å²) in [4.78, 5) is 36.0. The van der Waals surface area contributed by atoms with E-state index in [9.17, 15) is 14.4 Å². The Morgan fingerprint density at radius 1 is 1.26 bits per heavy atom. The number of amides is 1. The first-order chi connectivity index (χ1) is 8.97. The molecule has 1 aromatic heterocycles. The van der Waals surface area contributed by atoms with E-state index < -0.39 is 11.6 Å². The minimum Gasteiger partial charge on any atom is -0.366 e. The summed E-state index contributed by atoms with van der Waals surface area (Å²) in [6.07, 6.45) is 1.50. The molecule has 2 aromatic rings. The Morgan fingerprint density at radius 3 is 2.47 bits per heavy atom. The number of H-pyrrole nitrogens is 1. The first kappa shape index (κ1) is 12.8. The second kappa shape index (κ2) is 4.93. The zero-order valence-electron chi connectivity index (χ0n) is 10.3. The predicted molar refractivity (Wildman–Crippen MR) is 70.1 cm³/mol. The summed E-state index contributed by atoms with van der Waals surface area (Å²) in [7, 11) is 0. The van der Waals surface area contributed by atoms with Gasteiger partial charge in [-0.3, -0.25) is 19.1 Å². The number of primary amides is 1. The highest BCUT2D eigenvalue weighted by molar-refractivity contribution is 5.92. The van der Waals surface area contributed by atoms with Crippen molar-refractivity contribution in [3.63, 3.8) is 0 Å². The van der Waals surface area contributed by atoms with Gasteiger partial charge in [0.2, 0.25) is 5.91 Å². The third kappa shape index (κ3) is 2.79. The first-order valence-corrected chi connectivity index (χ1v) is 5.66. The molecule has 1 heterocycles. The Balaban J connectivity index is 2.31. The molecule has 6 nitrogen and oxygen atoms in total. The third-order valence-corrected chi connectivity index (χ3v) is 2.78. The van der Waals surface area contributed by atoms with Crippen molar-refractivity contribution in [2.75, 3.05) is 0 Å². The van der Waals surface area contributed by atoms with E-state index in [4.69, 9.17) is 5.73 Å². The van der Waals surface area contributed by atoms with Crippen molar-refractivity contribution in [2.45, 2.75) is 13.5 Å². The molecule has 0 saturated carbocycles. The molecule has 0 aliphatic rings. The number of aromatic amines is 1. The number of carbonyl (C=O) groups excluding carboxylic acids is 1. The van der Waals surface area contributed by atoms with Crippen LogP contribution in [0, 0.1) is 6.92 Å². The van der Waals surface area contributed by atoms with Gasteiger partial charge in [-0.1, -0.05) is 12.1 Å². The van der Waals surface area contributed by atoms with Crippen molar-refractivity contribution in [1.82, 2.24) is 9.55 Å². The van der Waals surface area contributed by atoms with Crippen LogP contribution in [0.3, 0.4) is 0 Å². The highest BCUT2D eigenvalue weighted by Crippen LogP contribution is 2.05. The van der Waals surface area contributed by atoms with Gasteiger partial charge in [-0.2, -0.15) is 0 Å². The number of nitrogens with zero attached hydrogens (tertiary/aromatic N) is 1. The molecule has 0 aliphatic heterocycles. The number of carbonyl (C=O) groups is 1. The van der Waals surface area contributed by atoms with Crippen molar-refractivity contribution in [3.8, 4) is 0 Å². The number of aryl methyl sites for hydroxylation is 1. The van der Waals surface area contributed by atoms with E-state index in [1.54, 1.807) is 31.2 Å². The molecule has 6 heteroatoms. The lowest BCUT2D eigenvalue weighted by atomic mass is 10.1. The second-order valence-electron chi connectivity index (χ2n) is 4.26. The van der Waals surface area contributed by atoms with Gasteiger partial charge in [0.15, 0.2) is 0 Å². The molecular formula is C13H13N3O3. The number of hydrogen-bond acceptors (Lipinski definition) is 3. The van der Waals surface area contributed by atoms with Gasteiger partial charge in [0.25, 0.3) is 5.56 Å². The van der Waals surface area contributed by atoms with Gasteiger partial charge in [-0.25, -0.2) is 4.79 Å². The number of aromatic nitrogens is 2. The van der Waals surface area contributed by atoms with Crippen LogP contribution in [0.25, 0.3) is 0 Å². The van der Waals surface area contributed by atoms with Gasteiger partial charge < -0.3 is 5.73 Å². The Bertz CT molecular complexity index is 726. The van der Waals surface area contributed by atoms with Gasteiger partial charge in [0.05, 0.1) is 6.54 Å². The summed E-state index contributed by atoms with van der Waals surface area (Å²) in [5, 5.41) is 0. The fraction of sp³-hybridized carbons (Fsp3) is 0.154. The lowest BCUT2D eigenvalue weighted by Crippen LogP contribution is -2.31. The smallest absolute Gasteiger partial charge is 0.328 e. The quantitative estimate of drug-likeness (QED) is 0.811. The third-order valence-electron chi connectivity index (χ3n) is 2.78. The van der Waals surface area contributed by atoms with Crippen LogP contribution >= 0.6 is 0 Å². The molecule has 0 radical (unpaired) electrons. The molecule has 0 fully saturated rings. The van der Waals surface area contributed by atoms with E-state index in [0.717, 1.165) is 5.56 Å². The second-order valence-corrected chi connectivity index (χ2v) is 4.26. The van der Waals surface area contributed by atoms with Crippen LogP contribution in [0.15, 0.2) is 40.1 Å². The predicted octanol–water partition coefficient (Wildman–Crippen LogP) is -0.00778. The highest BCUT2D eigenvalue weighted by atomic mass is 16.2. The van der Waals surface area contributed by atoms with Gasteiger partial charge >= 0.3 is 5.69 Å². The zero-order chi connectivity index (χ0) is 14.0. The Hall–Kier alpha value is -2.63. The van der Waals surface area contributed by atoms with Crippen molar-refractivity contribution >= 4 is 5.91 Å². The van der Waals surface area contributed by atoms with Crippen LogP contribution in [-0.4, -0.2) is 15.5 Å². The SMILES string of the molecule is Cc1cn(Cc2ccc(C(N)=O)cc2)c(=O)[nH]c1=O. The molecule has 19 heavy (non-hydrogen) atoms. The summed E-state index contributed by atoms with van der Waals surface area (Å²) in [6.45, 7) is 1.94. The summed E-state index contributed by atoms with van der Waals surface area (Å²) >= 11 is 0. The van der Waals surface area contributed by atoms with Crippen LogP contribution < -0.4 is 17.0 Å². The molecule has 0 atom stereocenters. The van der Waals surface area contributed by atoms with E-state index in [2.05, 4.69) is 4.98 Å². The van der Waals surface area contributed by atoms with Gasteiger partial charge in [-0.15, -0.1) is 0 Å². The number of hydrogen-bond donors (Lipinski definition) is 2. The topological polar surface area (TPSA) is 97.9 Å². The summed E-state index contributed by atoms with van der Waals surface area (Å²) in [5.41, 5.74) is 6.00. The lowest BCUT2D eigenvalue weighted by Gasteiger charge is -2.06. The van der Waals surface area contributed by atoms with E-state index in [1.165, 1.54) is 10.8 Å². The maximum absolute atomic E-state index is 11.6. The average molecular weight is 259 g/mol. The van der Waals surface area contributed by atoms with Gasteiger partial charge in [-0.05, 0) is 24.6 Å². The highest BCUT2D eigenvalue weighted by Gasteiger charge is 2.03. The summed E-state index contributed by atoms with van der Waals surface area (Å²) in [5.74, 6) is -0.497. The van der Waals surface area contributed by atoms with Crippen LogP contribution in [0.1, 0.15) is 21.5 Å². The normalized spacial score (nSPS) is 10.4. The molecule has 0 saturated heterocycles. The molecule has 0 spiro atoms. The van der Waals surface area contributed by atoms with Crippen molar-refractivity contribution in [3.05, 3.63) is 68.0 Å². The standard InChI is InChI=1S/C13H13N3O3/c1-8-6-16(13(19)15-12(8)18)7-9-2-4-10(5-3-9)11(14)17/h2-6H,7H2,1H3,(H2,14,17)(H,15,18,19). The maximum Gasteiger partial charge on any atom is 0.328 e. The first-order valence-electron chi connectivity index (χ1n) is 5.66. The maximum atomic E-state index is 11.6.